The standard InChI is InChI=1S/C12H21N3S/c1-15(8-12-9-16-10-14-12)7-3-2-6-13-11-4-5-11/h9-11,13H,2-8H2,1H3. The fourth-order valence-electron chi connectivity index (χ4n) is 1.77. The number of unbranched alkanes of at least 4 members (excludes halogenated alkanes) is 1. The van der Waals surface area contributed by atoms with Crippen molar-refractivity contribution in [2.24, 2.45) is 0 Å². The summed E-state index contributed by atoms with van der Waals surface area (Å²) in [6, 6.07) is 0.854. The molecular formula is C12H21N3S. The molecule has 1 aliphatic rings. The first-order valence-corrected chi connectivity index (χ1v) is 7.08. The van der Waals surface area contributed by atoms with E-state index in [1.807, 2.05) is 5.51 Å². The van der Waals surface area contributed by atoms with Crippen molar-refractivity contribution in [3.05, 3.63) is 16.6 Å². The van der Waals surface area contributed by atoms with E-state index in [-0.39, 0.29) is 0 Å². The Hall–Kier alpha value is -0.450. The van der Waals surface area contributed by atoms with Gasteiger partial charge in [-0.1, -0.05) is 0 Å². The summed E-state index contributed by atoms with van der Waals surface area (Å²) in [6.45, 7) is 3.35. The third-order valence-electron chi connectivity index (χ3n) is 2.89. The van der Waals surface area contributed by atoms with Crippen LogP contribution < -0.4 is 5.32 Å². The molecule has 0 spiro atoms. The lowest BCUT2D eigenvalue weighted by Crippen LogP contribution is -2.22. The Morgan fingerprint density at radius 1 is 1.50 bits per heavy atom. The highest BCUT2D eigenvalue weighted by molar-refractivity contribution is 7.07. The van der Waals surface area contributed by atoms with E-state index in [9.17, 15) is 0 Å². The summed E-state index contributed by atoms with van der Waals surface area (Å²) in [4.78, 5) is 6.65. The van der Waals surface area contributed by atoms with Gasteiger partial charge >= 0.3 is 0 Å². The van der Waals surface area contributed by atoms with Crippen LogP contribution >= 0.6 is 11.3 Å². The molecule has 0 aliphatic heterocycles. The van der Waals surface area contributed by atoms with Crippen molar-refractivity contribution in [1.29, 1.82) is 0 Å². The van der Waals surface area contributed by atoms with Crippen LogP contribution in [-0.2, 0) is 6.54 Å². The fourth-order valence-corrected chi connectivity index (χ4v) is 2.32. The van der Waals surface area contributed by atoms with Crippen LogP contribution in [0.3, 0.4) is 0 Å². The van der Waals surface area contributed by atoms with Gasteiger partial charge in [0, 0.05) is 18.0 Å². The summed E-state index contributed by atoms with van der Waals surface area (Å²) in [7, 11) is 2.17. The van der Waals surface area contributed by atoms with Gasteiger partial charge < -0.3 is 10.2 Å². The monoisotopic (exact) mass is 239 g/mol. The number of thiazole rings is 1. The van der Waals surface area contributed by atoms with Gasteiger partial charge in [-0.05, 0) is 45.8 Å². The Kier molecular flexibility index (Phi) is 4.75. The first-order chi connectivity index (χ1) is 7.84. The molecule has 0 saturated heterocycles. The molecule has 1 fully saturated rings. The van der Waals surface area contributed by atoms with Gasteiger partial charge in [0.1, 0.15) is 0 Å². The summed E-state index contributed by atoms with van der Waals surface area (Å²) >= 11 is 1.68. The van der Waals surface area contributed by atoms with Crippen molar-refractivity contribution >= 4 is 11.3 Å². The lowest BCUT2D eigenvalue weighted by molar-refractivity contribution is 0.314. The molecule has 1 aliphatic carbocycles. The Balaban J connectivity index is 1.48. The van der Waals surface area contributed by atoms with Crippen LogP contribution in [0.4, 0.5) is 0 Å². The van der Waals surface area contributed by atoms with E-state index < -0.39 is 0 Å². The normalized spacial score (nSPS) is 15.9. The molecule has 1 saturated carbocycles. The molecule has 1 heterocycles. The van der Waals surface area contributed by atoms with E-state index in [2.05, 4.69) is 27.6 Å². The van der Waals surface area contributed by atoms with Crippen molar-refractivity contribution in [1.82, 2.24) is 15.2 Å². The lowest BCUT2D eigenvalue weighted by atomic mass is 10.3. The molecule has 1 aromatic rings. The van der Waals surface area contributed by atoms with E-state index in [4.69, 9.17) is 0 Å². The minimum Gasteiger partial charge on any atom is -0.314 e. The first kappa shape index (κ1) is 12.0. The van der Waals surface area contributed by atoms with Crippen LogP contribution in [0, 0.1) is 0 Å². The van der Waals surface area contributed by atoms with Crippen LogP contribution in [0.15, 0.2) is 10.9 Å². The van der Waals surface area contributed by atoms with Gasteiger partial charge in [0.2, 0.25) is 0 Å². The predicted octanol–water partition coefficient (Wildman–Crippen LogP) is 2.11. The Labute approximate surface area is 102 Å². The minimum atomic E-state index is 0.854. The Bertz CT molecular complexity index is 282. The zero-order chi connectivity index (χ0) is 11.2. The second-order valence-electron chi connectivity index (χ2n) is 4.65. The third-order valence-corrected chi connectivity index (χ3v) is 3.53. The molecule has 4 heteroatoms. The first-order valence-electron chi connectivity index (χ1n) is 6.13. The maximum absolute atomic E-state index is 4.30. The van der Waals surface area contributed by atoms with Crippen LogP contribution in [0.2, 0.25) is 0 Å². The minimum absolute atomic E-state index is 0.854. The van der Waals surface area contributed by atoms with Crippen LogP contribution in [0.1, 0.15) is 31.4 Å². The van der Waals surface area contributed by atoms with E-state index >= 15 is 0 Å². The van der Waals surface area contributed by atoms with E-state index in [1.54, 1.807) is 11.3 Å². The highest BCUT2D eigenvalue weighted by Crippen LogP contribution is 2.18. The van der Waals surface area contributed by atoms with Gasteiger partial charge in [0.05, 0.1) is 11.2 Å². The maximum Gasteiger partial charge on any atom is 0.0795 e. The molecule has 1 aromatic heterocycles. The van der Waals surface area contributed by atoms with Crippen molar-refractivity contribution < 1.29 is 0 Å². The molecule has 90 valence electrons. The van der Waals surface area contributed by atoms with Gasteiger partial charge in [-0.15, -0.1) is 11.3 Å². The molecule has 0 radical (unpaired) electrons. The molecule has 16 heavy (non-hydrogen) atoms. The fraction of sp³-hybridized carbons (Fsp3) is 0.750. The Morgan fingerprint density at radius 2 is 2.38 bits per heavy atom. The molecular weight excluding hydrogens is 218 g/mol. The van der Waals surface area contributed by atoms with Crippen molar-refractivity contribution in [3.63, 3.8) is 0 Å². The molecule has 2 rings (SSSR count). The number of nitrogens with one attached hydrogen (secondary N) is 1. The average Bonchev–Trinajstić information content (AvgIpc) is 2.95. The molecule has 0 aromatic carbocycles. The van der Waals surface area contributed by atoms with Crippen molar-refractivity contribution in [2.75, 3.05) is 20.1 Å². The summed E-state index contributed by atoms with van der Waals surface area (Å²) in [5.74, 6) is 0. The summed E-state index contributed by atoms with van der Waals surface area (Å²) in [5, 5.41) is 5.68. The summed E-state index contributed by atoms with van der Waals surface area (Å²) in [5.41, 5.74) is 3.10. The molecule has 1 N–H and O–H groups in total. The number of hydrogen-bond donors (Lipinski definition) is 1. The highest BCUT2D eigenvalue weighted by Gasteiger charge is 2.19. The summed E-state index contributed by atoms with van der Waals surface area (Å²) in [6.07, 6.45) is 5.35. The average molecular weight is 239 g/mol. The predicted molar refractivity (Wildman–Crippen MR) is 68.7 cm³/mol. The third kappa shape index (κ3) is 4.60. The molecule has 0 atom stereocenters. The quantitative estimate of drug-likeness (QED) is 0.704. The molecule has 0 bridgehead atoms. The van der Waals surface area contributed by atoms with Gasteiger partial charge in [0.25, 0.3) is 0 Å². The zero-order valence-corrected chi connectivity index (χ0v) is 10.8. The number of aromatic nitrogens is 1. The lowest BCUT2D eigenvalue weighted by Gasteiger charge is -2.14. The van der Waals surface area contributed by atoms with Gasteiger partial charge in [-0.25, -0.2) is 4.98 Å². The van der Waals surface area contributed by atoms with Crippen molar-refractivity contribution in [2.45, 2.75) is 38.3 Å². The second kappa shape index (κ2) is 6.33. The molecule has 0 amide bonds. The summed E-state index contributed by atoms with van der Waals surface area (Å²) < 4.78 is 0. The second-order valence-corrected chi connectivity index (χ2v) is 5.37. The smallest absolute Gasteiger partial charge is 0.0795 e. The van der Waals surface area contributed by atoms with E-state index in [1.165, 1.54) is 44.5 Å². The topological polar surface area (TPSA) is 28.2 Å². The van der Waals surface area contributed by atoms with E-state index in [0.29, 0.717) is 0 Å². The van der Waals surface area contributed by atoms with Gasteiger partial charge in [-0.3, -0.25) is 0 Å². The van der Waals surface area contributed by atoms with E-state index in [0.717, 1.165) is 12.6 Å². The number of hydrogen-bond acceptors (Lipinski definition) is 4. The Morgan fingerprint density at radius 3 is 3.06 bits per heavy atom. The van der Waals surface area contributed by atoms with Crippen LogP contribution in [0.25, 0.3) is 0 Å². The number of nitrogens with zero attached hydrogens (tertiary/aromatic N) is 2. The van der Waals surface area contributed by atoms with Gasteiger partial charge in [-0.2, -0.15) is 0 Å². The zero-order valence-electron chi connectivity index (χ0n) is 9.98. The molecule has 3 nitrogen and oxygen atoms in total. The van der Waals surface area contributed by atoms with Crippen LogP contribution in [-0.4, -0.2) is 36.1 Å². The van der Waals surface area contributed by atoms with Crippen molar-refractivity contribution in [3.8, 4) is 0 Å². The van der Waals surface area contributed by atoms with Gasteiger partial charge in [0.15, 0.2) is 0 Å². The number of rotatable bonds is 8. The SMILES string of the molecule is CN(CCCCNC1CC1)Cc1cscn1. The highest BCUT2D eigenvalue weighted by atomic mass is 32.1. The largest absolute Gasteiger partial charge is 0.314 e. The molecule has 0 unspecified atom stereocenters. The van der Waals surface area contributed by atoms with Crippen LogP contribution in [0.5, 0.6) is 0 Å². The maximum atomic E-state index is 4.30.